The molecule has 474 valence electrons. The Kier molecular flexibility index (Phi) is 16.1. The minimum absolute atomic E-state index is 0.00236. The van der Waals surface area contributed by atoms with Crippen LogP contribution in [0, 0.1) is 13.8 Å². The molecule has 2 aliphatic heterocycles. The molecule has 0 bridgehead atoms. The first-order valence-electron chi connectivity index (χ1n) is 34.8. The fourth-order valence-corrected chi connectivity index (χ4v) is 17.0. The maximum absolute atomic E-state index is 8.03. The maximum atomic E-state index is 8.03. The lowest BCUT2D eigenvalue weighted by atomic mass is 9.35. The average Bonchev–Trinajstić information content (AvgIpc) is 1.40. The predicted octanol–water partition coefficient (Wildman–Crippen LogP) is 23.3. The summed E-state index contributed by atoms with van der Waals surface area (Å²) in [4.78, 5) is 5.43. The van der Waals surface area contributed by atoms with E-state index in [-0.39, 0.29) is 45.1 Å². The molecule has 1 aromatic heterocycles. The summed E-state index contributed by atoms with van der Waals surface area (Å²) in [7, 11) is 0. The second-order valence-corrected chi connectivity index (χ2v) is 33.6. The first-order chi connectivity index (χ1) is 43.5. The van der Waals surface area contributed by atoms with Crippen molar-refractivity contribution in [3.63, 3.8) is 0 Å². The SMILES string of the molecule is CCC(C)(C)c1cc(/C=C(\c2cc3c4c(c2)N(c2c(C)cc(C5=CCCC=C5)cc2C)c2cc(C(C)C)c(C(C)(C)CI)cc2B4c2oc4c(c2N3c2ccc(-c3ccccc3)cc2)C(C)(C)CCC4(C)C)c2ccc3c(c2)C(C)(C)CCC3(C)C)ccc1C(C)C. The summed E-state index contributed by atoms with van der Waals surface area (Å²) in [6, 6.07) is 50.9. The number of fused-ring (bicyclic) bond motifs is 7. The van der Waals surface area contributed by atoms with E-state index in [0.29, 0.717) is 5.92 Å². The number of benzene rings is 7. The van der Waals surface area contributed by atoms with Gasteiger partial charge in [0.1, 0.15) is 5.76 Å². The van der Waals surface area contributed by atoms with Crippen molar-refractivity contribution in [2.24, 2.45) is 0 Å². The monoisotopic (exact) mass is 1330 g/mol. The zero-order chi connectivity index (χ0) is 65.5. The van der Waals surface area contributed by atoms with Gasteiger partial charge in [0.05, 0.1) is 17.0 Å². The highest BCUT2D eigenvalue weighted by molar-refractivity contribution is 14.1. The topological polar surface area (TPSA) is 19.6 Å². The number of anilines is 6. The molecule has 5 aliphatic rings. The van der Waals surface area contributed by atoms with Crippen LogP contribution in [0.3, 0.4) is 0 Å². The second kappa shape index (κ2) is 23.1. The minimum atomic E-state index is -0.212. The Labute approximate surface area is 567 Å². The summed E-state index contributed by atoms with van der Waals surface area (Å²) in [5, 5.41) is 0. The van der Waals surface area contributed by atoms with Crippen LogP contribution in [-0.4, -0.2) is 11.1 Å². The molecule has 0 N–H and O–H groups in total. The van der Waals surface area contributed by atoms with Gasteiger partial charge in [-0.2, -0.15) is 0 Å². The normalized spacial score (nSPS) is 17.7. The molecular formula is C87H100BIN2O. The molecule has 7 aromatic carbocycles. The molecule has 0 atom stereocenters. The number of nitrogens with zero attached hydrogens (tertiary/aromatic N) is 2. The summed E-state index contributed by atoms with van der Waals surface area (Å²) in [6.45, 7) is 46.0. The molecule has 0 spiro atoms. The van der Waals surface area contributed by atoms with Crippen molar-refractivity contribution in [3.8, 4) is 11.1 Å². The van der Waals surface area contributed by atoms with Gasteiger partial charge in [0.15, 0.2) is 0 Å². The molecule has 0 fully saturated rings. The molecule has 5 heteroatoms. The molecule has 0 saturated carbocycles. The Morgan fingerprint density at radius 2 is 1.21 bits per heavy atom. The fourth-order valence-electron chi connectivity index (χ4n) is 16.6. The third-order valence-electron chi connectivity index (χ3n) is 22.8. The van der Waals surface area contributed by atoms with Gasteiger partial charge < -0.3 is 14.2 Å². The van der Waals surface area contributed by atoms with Crippen LogP contribution in [0.15, 0.2) is 150 Å². The standard InChI is InChI=1S/C87H100BIN2O/c1-20-82(8,9)69-46-57(31-37-65(69)53(2)3)45-67(61-34-38-68-71(47-61)84(12,13)40-39-83(68,10)11)63-48-74-77-75(49-63)91(78-55(6)43-62(44-56(78)7)59-29-25-22-26-30-59)73-50-66(54(4)5)70(87(18,19)52-89)51-72(73)88(77)81-79(76-80(92-81)86(16,17)42-41-85(76,14)15)90(74)64-35-32-60(33-36-64)58-27-23-21-24-28-58/h21,23-25,27-38,43-51,53-54H,20,22,26,39-42,52H2,1-19H3/b67-45-. The Morgan fingerprint density at radius 3 is 1.84 bits per heavy atom. The molecule has 92 heavy (non-hydrogen) atoms. The van der Waals surface area contributed by atoms with E-state index in [0.717, 1.165) is 60.1 Å². The van der Waals surface area contributed by atoms with Gasteiger partial charge in [-0.25, -0.2) is 0 Å². The lowest BCUT2D eigenvalue weighted by molar-refractivity contribution is 0.282. The van der Waals surface area contributed by atoms with Crippen LogP contribution in [0.2, 0.25) is 0 Å². The third-order valence-corrected chi connectivity index (χ3v) is 24.7. The van der Waals surface area contributed by atoms with E-state index in [2.05, 4.69) is 316 Å². The first-order valence-corrected chi connectivity index (χ1v) is 36.4. The first kappa shape index (κ1) is 64.2. The smallest absolute Gasteiger partial charge is 0.297 e. The Bertz CT molecular complexity index is 4320. The molecule has 13 rings (SSSR count). The van der Waals surface area contributed by atoms with Gasteiger partial charge in [-0.05, 0) is 246 Å². The highest BCUT2D eigenvalue weighted by Crippen LogP contribution is 2.57. The zero-order valence-electron chi connectivity index (χ0n) is 59.0. The van der Waals surface area contributed by atoms with Crippen LogP contribution in [-0.2, 0) is 32.5 Å². The minimum Gasteiger partial charge on any atom is -0.472 e. The number of aryl methyl sites for hydroxylation is 2. The molecule has 3 aliphatic carbocycles. The number of hydrogen-bond donors (Lipinski definition) is 0. The number of halogens is 1. The lowest BCUT2D eigenvalue weighted by Crippen LogP contribution is -2.61. The van der Waals surface area contributed by atoms with E-state index in [1.54, 1.807) is 0 Å². The van der Waals surface area contributed by atoms with Crippen LogP contribution in [0.1, 0.15) is 253 Å². The molecule has 3 nitrogen and oxygen atoms in total. The molecule has 8 aromatic rings. The van der Waals surface area contributed by atoms with Crippen molar-refractivity contribution in [3.05, 3.63) is 224 Å². The van der Waals surface area contributed by atoms with Gasteiger partial charge >= 0.3 is 0 Å². The van der Waals surface area contributed by atoms with E-state index >= 15 is 0 Å². The van der Waals surface area contributed by atoms with Gasteiger partial charge in [-0.3, -0.25) is 0 Å². The quantitative estimate of drug-likeness (QED) is 0.0496. The largest absolute Gasteiger partial charge is 0.472 e. The molecule has 0 amide bonds. The van der Waals surface area contributed by atoms with E-state index in [9.17, 15) is 0 Å². The summed E-state index contributed by atoms with van der Waals surface area (Å²) in [6.07, 6.45) is 17.3. The van der Waals surface area contributed by atoms with Gasteiger partial charge in [0.2, 0.25) is 0 Å². The molecule has 0 saturated heterocycles. The molecule has 0 unspecified atom stereocenters. The summed E-state index contributed by atoms with van der Waals surface area (Å²) in [5.74, 6) is 1.82. The summed E-state index contributed by atoms with van der Waals surface area (Å²) >= 11 is 2.65. The number of rotatable bonds is 13. The molecular weight excluding hydrogens is 1230 g/mol. The van der Waals surface area contributed by atoms with Crippen LogP contribution in [0.25, 0.3) is 28.3 Å². The molecule has 3 heterocycles. The van der Waals surface area contributed by atoms with Gasteiger partial charge in [0, 0.05) is 38.2 Å². The van der Waals surface area contributed by atoms with Gasteiger partial charge in [-0.1, -0.05) is 243 Å². The van der Waals surface area contributed by atoms with E-state index < -0.39 is 0 Å². The van der Waals surface area contributed by atoms with E-state index in [1.165, 1.54) is 140 Å². The summed E-state index contributed by atoms with van der Waals surface area (Å²) < 4.78 is 9.03. The summed E-state index contributed by atoms with van der Waals surface area (Å²) in [5.41, 5.74) is 33.0. The van der Waals surface area contributed by atoms with E-state index in [1.807, 2.05) is 0 Å². The van der Waals surface area contributed by atoms with E-state index in [4.69, 9.17) is 4.42 Å². The Balaban J connectivity index is 1.21. The van der Waals surface area contributed by atoms with Gasteiger partial charge in [0.25, 0.3) is 6.71 Å². The average molecular weight is 1330 g/mol. The second-order valence-electron chi connectivity index (χ2n) is 32.8. The van der Waals surface area contributed by atoms with Crippen molar-refractivity contribution >= 4 is 97.2 Å². The lowest BCUT2D eigenvalue weighted by Gasteiger charge is -2.45. The van der Waals surface area contributed by atoms with Crippen LogP contribution in [0.5, 0.6) is 0 Å². The van der Waals surface area contributed by atoms with Crippen LogP contribution in [0.4, 0.5) is 34.1 Å². The zero-order valence-corrected chi connectivity index (χ0v) is 61.2. The Morgan fingerprint density at radius 1 is 0.587 bits per heavy atom. The maximum Gasteiger partial charge on any atom is 0.297 e. The molecule has 0 radical (unpaired) electrons. The third kappa shape index (κ3) is 10.8. The van der Waals surface area contributed by atoms with Crippen molar-refractivity contribution in [2.75, 3.05) is 14.2 Å². The Hall–Kier alpha value is -6.57. The fraction of sp³-hybridized carbons (Fsp3) is 0.402. The highest BCUT2D eigenvalue weighted by atomic mass is 127. The van der Waals surface area contributed by atoms with Crippen molar-refractivity contribution < 1.29 is 4.42 Å². The highest BCUT2D eigenvalue weighted by Gasteiger charge is 2.53. The van der Waals surface area contributed by atoms with Crippen LogP contribution < -0.4 is 26.4 Å². The van der Waals surface area contributed by atoms with Crippen molar-refractivity contribution in [1.82, 2.24) is 0 Å². The predicted molar refractivity (Wildman–Crippen MR) is 408 cm³/mol. The van der Waals surface area contributed by atoms with Crippen molar-refractivity contribution in [1.29, 1.82) is 0 Å². The number of hydrogen-bond acceptors (Lipinski definition) is 3. The number of furan rings is 1. The number of allylic oxidation sites excluding steroid dienone is 4. The van der Waals surface area contributed by atoms with Gasteiger partial charge in [-0.15, -0.1) is 0 Å². The van der Waals surface area contributed by atoms with Crippen molar-refractivity contribution in [2.45, 2.75) is 221 Å². The van der Waals surface area contributed by atoms with Crippen LogP contribution >= 0.6 is 22.6 Å². The number of alkyl halides is 1.